The molecule has 82 valence electrons. The van der Waals surface area contributed by atoms with Crippen molar-refractivity contribution in [2.24, 2.45) is 0 Å². The van der Waals surface area contributed by atoms with E-state index in [2.05, 4.69) is 5.10 Å². The van der Waals surface area contributed by atoms with Crippen molar-refractivity contribution in [2.75, 3.05) is 7.11 Å². The first-order valence-corrected chi connectivity index (χ1v) is 4.59. The van der Waals surface area contributed by atoms with Gasteiger partial charge >= 0.3 is 0 Å². The van der Waals surface area contributed by atoms with Crippen LogP contribution in [0.5, 0.6) is 5.75 Å². The number of halogens is 1. The maximum atomic E-state index is 13.3. The van der Waals surface area contributed by atoms with E-state index in [0.717, 1.165) is 0 Å². The number of hydrogen-bond acceptors (Lipinski definition) is 3. The molecule has 0 bridgehead atoms. The Morgan fingerprint density at radius 3 is 2.94 bits per heavy atom. The summed E-state index contributed by atoms with van der Waals surface area (Å²) >= 11 is 0. The predicted octanol–water partition coefficient (Wildman–Crippen LogP) is 1.83. The van der Waals surface area contributed by atoms with E-state index in [-0.39, 0.29) is 5.56 Å². The lowest BCUT2D eigenvalue weighted by atomic mass is 10.2. The van der Waals surface area contributed by atoms with Gasteiger partial charge < -0.3 is 4.74 Å². The van der Waals surface area contributed by atoms with Crippen LogP contribution in [0.25, 0.3) is 5.69 Å². The number of ether oxygens (including phenoxy) is 1. The number of aromatic nitrogens is 2. The molecule has 0 saturated heterocycles. The van der Waals surface area contributed by atoms with Crippen molar-refractivity contribution < 1.29 is 13.9 Å². The summed E-state index contributed by atoms with van der Waals surface area (Å²) in [6.45, 7) is 0. The van der Waals surface area contributed by atoms with Gasteiger partial charge in [0.1, 0.15) is 5.82 Å². The molecule has 0 radical (unpaired) electrons. The smallest absolute Gasteiger partial charge is 0.157 e. The number of carbonyl (C=O) groups is 1. The van der Waals surface area contributed by atoms with Crippen LogP contribution in [0.2, 0.25) is 0 Å². The third kappa shape index (κ3) is 1.67. The van der Waals surface area contributed by atoms with Crippen LogP contribution in [0.3, 0.4) is 0 Å². The van der Waals surface area contributed by atoms with Gasteiger partial charge in [0, 0.05) is 0 Å². The average Bonchev–Trinajstić information content (AvgIpc) is 2.77. The second-order valence-electron chi connectivity index (χ2n) is 3.12. The molecule has 0 spiro atoms. The minimum Gasteiger partial charge on any atom is -0.493 e. The average molecular weight is 220 g/mol. The van der Waals surface area contributed by atoms with Gasteiger partial charge in [-0.3, -0.25) is 4.79 Å². The van der Waals surface area contributed by atoms with Gasteiger partial charge in [0.25, 0.3) is 0 Å². The normalized spacial score (nSPS) is 10.1. The first-order chi connectivity index (χ1) is 7.76. The van der Waals surface area contributed by atoms with E-state index in [1.165, 1.54) is 30.1 Å². The van der Waals surface area contributed by atoms with Crippen molar-refractivity contribution in [3.05, 3.63) is 42.0 Å². The van der Waals surface area contributed by atoms with E-state index in [1.807, 2.05) is 0 Å². The third-order valence-corrected chi connectivity index (χ3v) is 2.19. The third-order valence-electron chi connectivity index (χ3n) is 2.19. The molecule has 16 heavy (non-hydrogen) atoms. The van der Waals surface area contributed by atoms with Crippen LogP contribution in [-0.4, -0.2) is 23.2 Å². The molecule has 0 aliphatic heterocycles. The molecule has 1 aromatic carbocycles. The van der Waals surface area contributed by atoms with Crippen LogP contribution in [0.15, 0.2) is 30.6 Å². The minimum absolute atomic E-state index is 0.0201. The molecule has 0 aliphatic carbocycles. The van der Waals surface area contributed by atoms with Crippen LogP contribution >= 0.6 is 0 Å². The highest BCUT2D eigenvalue weighted by molar-refractivity contribution is 5.81. The Kier molecular flexibility index (Phi) is 2.68. The van der Waals surface area contributed by atoms with Gasteiger partial charge in [-0.15, -0.1) is 0 Å². The van der Waals surface area contributed by atoms with E-state index in [9.17, 15) is 9.18 Å². The Balaban J connectivity index is 2.54. The van der Waals surface area contributed by atoms with Crippen LogP contribution in [0.1, 0.15) is 10.4 Å². The Hall–Kier alpha value is -2.17. The molecule has 5 heteroatoms. The molecule has 4 nitrogen and oxygen atoms in total. The summed E-state index contributed by atoms with van der Waals surface area (Å²) in [5.74, 6) is -0.0249. The molecule has 0 amide bonds. The molecule has 2 rings (SSSR count). The Morgan fingerprint density at radius 1 is 1.50 bits per heavy atom. The Bertz CT molecular complexity index is 522. The van der Waals surface area contributed by atoms with Crippen molar-refractivity contribution in [3.63, 3.8) is 0 Å². The van der Waals surface area contributed by atoms with Crippen LogP contribution in [0, 0.1) is 5.82 Å². The largest absolute Gasteiger partial charge is 0.493 e. The molecule has 0 N–H and O–H groups in total. The molecular formula is C11H9FN2O2. The van der Waals surface area contributed by atoms with Gasteiger partial charge in [0.15, 0.2) is 12.0 Å². The standard InChI is InChI=1S/C11H9FN2O2/c1-16-8-5-13-14(6-8)11-4-2-3-10(12)9(11)7-15/h2-7H,1H3. The van der Waals surface area contributed by atoms with Gasteiger partial charge in [-0.25, -0.2) is 9.07 Å². The first-order valence-electron chi connectivity index (χ1n) is 4.59. The Labute approximate surface area is 91.3 Å². The fraction of sp³-hybridized carbons (Fsp3) is 0.0909. The lowest BCUT2D eigenvalue weighted by Crippen LogP contribution is -2.01. The number of aldehydes is 1. The van der Waals surface area contributed by atoms with Gasteiger partial charge in [-0.05, 0) is 12.1 Å². The van der Waals surface area contributed by atoms with E-state index in [1.54, 1.807) is 12.3 Å². The highest BCUT2D eigenvalue weighted by atomic mass is 19.1. The fourth-order valence-electron chi connectivity index (χ4n) is 1.39. The van der Waals surface area contributed by atoms with E-state index in [0.29, 0.717) is 17.7 Å². The van der Waals surface area contributed by atoms with Gasteiger partial charge in [0.05, 0.1) is 30.8 Å². The molecule has 0 aliphatic rings. The zero-order chi connectivity index (χ0) is 11.5. The molecule has 1 aromatic heterocycles. The quantitative estimate of drug-likeness (QED) is 0.741. The summed E-state index contributed by atoms with van der Waals surface area (Å²) in [6.07, 6.45) is 3.53. The lowest BCUT2D eigenvalue weighted by molar-refractivity contribution is 0.111. The van der Waals surface area contributed by atoms with E-state index < -0.39 is 5.82 Å². The van der Waals surface area contributed by atoms with Crippen LogP contribution in [0.4, 0.5) is 4.39 Å². The van der Waals surface area contributed by atoms with Crippen molar-refractivity contribution in [2.45, 2.75) is 0 Å². The molecule has 0 saturated carbocycles. The molecule has 1 heterocycles. The molecule has 0 atom stereocenters. The summed E-state index contributed by atoms with van der Waals surface area (Å²) in [5.41, 5.74) is 0.367. The molecule has 0 fully saturated rings. The summed E-state index contributed by atoms with van der Waals surface area (Å²) in [4.78, 5) is 10.8. The second kappa shape index (κ2) is 4.14. The second-order valence-corrected chi connectivity index (χ2v) is 3.12. The molecule has 0 unspecified atom stereocenters. The number of methoxy groups -OCH3 is 1. The molecular weight excluding hydrogens is 211 g/mol. The van der Waals surface area contributed by atoms with Gasteiger partial charge in [-0.1, -0.05) is 6.07 Å². The minimum atomic E-state index is -0.568. The highest BCUT2D eigenvalue weighted by Crippen LogP contribution is 2.18. The van der Waals surface area contributed by atoms with Gasteiger partial charge in [-0.2, -0.15) is 5.10 Å². The monoisotopic (exact) mass is 220 g/mol. The maximum Gasteiger partial charge on any atom is 0.157 e. The zero-order valence-electron chi connectivity index (χ0n) is 8.55. The lowest BCUT2D eigenvalue weighted by Gasteiger charge is -2.04. The highest BCUT2D eigenvalue weighted by Gasteiger charge is 2.10. The maximum absolute atomic E-state index is 13.3. The van der Waals surface area contributed by atoms with Crippen LogP contribution in [-0.2, 0) is 0 Å². The zero-order valence-corrected chi connectivity index (χ0v) is 8.55. The van der Waals surface area contributed by atoms with Crippen molar-refractivity contribution >= 4 is 6.29 Å². The number of rotatable bonds is 3. The SMILES string of the molecule is COc1cnn(-c2cccc(F)c2C=O)c1. The fourth-order valence-corrected chi connectivity index (χ4v) is 1.39. The van der Waals surface area contributed by atoms with E-state index in [4.69, 9.17) is 4.74 Å². The topological polar surface area (TPSA) is 44.1 Å². The first kappa shape index (κ1) is 10.4. The van der Waals surface area contributed by atoms with Crippen LogP contribution < -0.4 is 4.74 Å². The summed E-state index contributed by atoms with van der Waals surface area (Å²) in [7, 11) is 1.51. The summed E-state index contributed by atoms with van der Waals surface area (Å²) in [5, 5.41) is 3.97. The van der Waals surface area contributed by atoms with Crippen molar-refractivity contribution in [1.82, 2.24) is 9.78 Å². The number of hydrogen-bond donors (Lipinski definition) is 0. The number of nitrogens with zero attached hydrogens (tertiary/aromatic N) is 2. The summed E-state index contributed by atoms with van der Waals surface area (Å²) in [6, 6.07) is 4.36. The van der Waals surface area contributed by atoms with Crippen molar-refractivity contribution in [3.8, 4) is 11.4 Å². The predicted molar refractivity (Wildman–Crippen MR) is 55.5 cm³/mol. The van der Waals surface area contributed by atoms with Crippen molar-refractivity contribution in [1.29, 1.82) is 0 Å². The van der Waals surface area contributed by atoms with Gasteiger partial charge in [0.2, 0.25) is 0 Å². The van der Waals surface area contributed by atoms with E-state index >= 15 is 0 Å². The Morgan fingerprint density at radius 2 is 2.31 bits per heavy atom. The molecule has 2 aromatic rings. The number of benzene rings is 1. The number of carbonyl (C=O) groups excluding carboxylic acids is 1. The summed E-state index contributed by atoms with van der Waals surface area (Å²) < 4.78 is 19.7.